The van der Waals surface area contributed by atoms with E-state index in [9.17, 15) is 4.79 Å². The van der Waals surface area contributed by atoms with Crippen LogP contribution in [0.3, 0.4) is 0 Å². The lowest BCUT2D eigenvalue weighted by Gasteiger charge is -2.18. The lowest BCUT2D eigenvalue weighted by atomic mass is 9.93. The number of benzene rings is 1. The van der Waals surface area contributed by atoms with Gasteiger partial charge in [0.25, 0.3) is 0 Å². The van der Waals surface area contributed by atoms with Crippen molar-refractivity contribution >= 4 is 11.6 Å². The van der Waals surface area contributed by atoms with Crippen molar-refractivity contribution in [3.8, 4) is 6.07 Å². The maximum atomic E-state index is 12.2. The van der Waals surface area contributed by atoms with E-state index >= 15 is 0 Å². The summed E-state index contributed by atoms with van der Waals surface area (Å²) in [4.78, 5) is 12.2. The SMILES string of the molecule is CC(C)CC(CCN)C(=O)Nc1cccc(C#N)c1. The summed E-state index contributed by atoms with van der Waals surface area (Å²) in [5, 5.41) is 11.7. The summed E-state index contributed by atoms with van der Waals surface area (Å²) in [5.74, 6) is 0.359. The summed E-state index contributed by atoms with van der Waals surface area (Å²) in [6.45, 7) is 4.68. The summed E-state index contributed by atoms with van der Waals surface area (Å²) in [5.41, 5.74) is 6.76. The topological polar surface area (TPSA) is 78.9 Å². The number of nitrogens with zero attached hydrogens (tertiary/aromatic N) is 1. The lowest BCUT2D eigenvalue weighted by Crippen LogP contribution is -2.26. The van der Waals surface area contributed by atoms with E-state index in [0.29, 0.717) is 30.1 Å². The highest BCUT2D eigenvalue weighted by Crippen LogP contribution is 2.18. The Bertz CT molecular complexity index is 463. The standard InChI is InChI=1S/C15H21N3O/c1-11(2)8-13(6-7-16)15(19)18-14-5-3-4-12(9-14)10-17/h3-5,9,11,13H,6-8,16H2,1-2H3,(H,18,19). The summed E-state index contributed by atoms with van der Waals surface area (Å²) < 4.78 is 0. The Balaban J connectivity index is 2.72. The third kappa shape index (κ3) is 5.11. The van der Waals surface area contributed by atoms with Gasteiger partial charge in [0.1, 0.15) is 0 Å². The van der Waals surface area contributed by atoms with E-state index in [-0.39, 0.29) is 11.8 Å². The Kier molecular flexibility index (Phi) is 6.04. The molecule has 0 aliphatic rings. The minimum absolute atomic E-state index is 0.0192. The molecule has 3 N–H and O–H groups in total. The highest BCUT2D eigenvalue weighted by molar-refractivity contribution is 5.92. The van der Waals surface area contributed by atoms with E-state index in [1.165, 1.54) is 0 Å². The van der Waals surface area contributed by atoms with Crippen molar-refractivity contribution in [1.82, 2.24) is 0 Å². The predicted molar refractivity (Wildman–Crippen MR) is 76.4 cm³/mol. The molecule has 1 amide bonds. The first kappa shape index (κ1) is 15.2. The van der Waals surface area contributed by atoms with Gasteiger partial charge >= 0.3 is 0 Å². The van der Waals surface area contributed by atoms with Crippen molar-refractivity contribution in [3.63, 3.8) is 0 Å². The van der Waals surface area contributed by atoms with Gasteiger partial charge in [0.05, 0.1) is 11.6 Å². The Hall–Kier alpha value is -1.86. The second-order valence-electron chi connectivity index (χ2n) is 5.09. The largest absolute Gasteiger partial charge is 0.330 e. The van der Waals surface area contributed by atoms with E-state index < -0.39 is 0 Å². The first-order valence-electron chi connectivity index (χ1n) is 6.58. The number of nitrogens with one attached hydrogen (secondary N) is 1. The maximum absolute atomic E-state index is 12.2. The Morgan fingerprint density at radius 3 is 2.79 bits per heavy atom. The van der Waals surface area contributed by atoms with Gasteiger partial charge in [-0.15, -0.1) is 0 Å². The van der Waals surface area contributed by atoms with E-state index in [1.807, 2.05) is 0 Å². The molecule has 0 aromatic heterocycles. The molecule has 0 spiro atoms. The monoisotopic (exact) mass is 259 g/mol. The van der Waals surface area contributed by atoms with Crippen LogP contribution in [0.15, 0.2) is 24.3 Å². The van der Waals surface area contributed by atoms with Crippen LogP contribution in [0.25, 0.3) is 0 Å². The number of nitriles is 1. The van der Waals surface area contributed by atoms with Gasteiger partial charge in [0.15, 0.2) is 0 Å². The zero-order chi connectivity index (χ0) is 14.3. The highest BCUT2D eigenvalue weighted by Gasteiger charge is 2.19. The van der Waals surface area contributed by atoms with Crippen molar-refractivity contribution in [1.29, 1.82) is 5.26 Å². The second kappa shape index (κ2) is 7.55. The van der Waals surface area contributed by atoms with E-state index in [0.717, 1.165) is 6.42 Å². The van der Waals surface area contributed by atoms with E-state index in [2.05, 4.69) is 25.2 Å². The molecule has 0 aliphatic heterocycles. The fraction of sp³-hybridized carbons (Fsp3) is 0.467. The summed E-state index contributed by atoms with van der Waals surface area (Å²) in [6.07, 6.45) is 1.50. The highest BCUT2D eigenvalue weighted by atomic mass is 16.1. The van der Waals surface area contributed by atoms with Crippen LogP contribution in [0.4, 0.5) is 5.69 Å². The minimum Gasteiger partial charge on any atom is -0.330 e. The quantitative estimate of drug-likeness (QED) is 0.823. The van der Waals surface area contributed by atoms with Gasteiger partial charge in [-0.25, -0.2) is 0 Å². The van der Waals surface area contributed by atoms with Gasteiger partial charge in [-0.05, 0) is 43.5 Å². The minimum atomic E-state index is -0.0734. The van der Waals surface area contributed by atoms with E-state index in [1.54, 1.807) is 24.3 Å². The van der Waals surface area contributed by atoms with Crippen LogP contribution >= 0.6 is 0 Å². The molecular weight excluding hydrogens is 238 g/mol. The maximum Gasteiger partial charge on any atom is 0.227 e. The molecule has 102 valence electrons. The van der Waals surface area contributed by atoms with Gasteiger partial charge in [-0.3, -0.25) is 4.79 Å². The van der Waals surface area contributed by atoms with Crippen molar-refractivity contribution in [2.24, 2.45) is 17.6 Å². The number of hydrogen-bond acceptors (Lipinski definition) is 3. The first-order valence-corrected chi connectivity index (χ1v) is 6.58. The fourth-order valence-electron chi connectivity index (χ4n) is 2.04. The number of hydrogen-bond donors (Lipinski definition) is 2. The third-order valence-corrected chi connectivity index (χ3v) is 2.90. The molecule has 0 saturated heterocycles. The molecule has 19 heavy (non-hydrogen) atoms. The first-order chi connectivity index (χ1) is 9.06. The zero-order valence-electron chi connectivity index (χ0n) is 11.5. The number of anilines is 1. The van der Waals surface area contributed by atoms with Crippen LogP contribution in [0, 0.1) is 23.2 Å². The molecule has 0 radical (unpaired) electrons. The number of carbonyl (C=O) groups excluding carboxylic acids is 1. The number of rotatable bonds is 6. The number of amides is 1. The van der Waals surface area contributed by atoms with Crippen molar-refractivity contribution in [3.05, 3.63) is 29.8 Å². The van der Waals surface area contributed by atoms with Crippen molar-refractivity contribution in [2.45, 2.75) is 26.7 Å². The second-order valence-corrected chi connectivity index (χ2v) is 5.09. The Morgan fingerprint density at radius 2 is 2.21 bits per heavy atom. The predicted octanol–water partition coefficient (Wildman–Crippen LogP) is 2.51. The van der Waals surface area contributed by atoms with Crippen LogP contribution in [0.5, 0.6) is 0 Å². The normalized spacial score (nSPS) is 11.9. The molecule has 1 atom stereocenters. The molecule has 1 rings (SSSR count). The molecule has 1 aromatic rings. The van der Waals surface area contributed by atoms with Crippen LogP contribution in [0.2, 0.25) is 0 Å². The third-order valence-electron chi connectivity index (χ3n) is 2.90. The summed E-state index contributed by atoms with van der Waals surface area (Å²) in [6, 6.07) is 8.98. The van der Waals surface area contributed by atoms with Gasteiger partial charge in [0.2, 0.25) is 5.91 Å². The smallest absolute Gasteiger partial charge is 0.227 e. The lowest BCUT2D eigenvalue weighted by molar-refractivity contribution is -0.120. The van der Waals surface area contributed by atoms with Gasteiger partial charge in [-0.1, -0.05) is 19.9 Å². The average molecular weight is 259 g/mol. The average Bonchev–Trinajstić information content (AvgIpc) is 2.38. The van der Waals surface area contributed by atoms with Gasteiger partial charge in [-0.2, -0.15) is 5.26 Å². The molecule has 1 unspecified atom stereocenters. The molecule has 0 saturated carbocycles. The zero-order valence-corrected chi connectivity index (χ0v) is 11.5. The number of carbonyl (C=O) groups is 1. The molecule has 4 nitrogen and oxygen atoms in total. The van der Waals surface area contributed by atoms with Crippen LogP contribution in [0.1, 0.15) is 32.3 Å². The summed E-state index contributed by atoms with van der Waals surface area (Å²) >= 11 is 0. The van der Waals surface area contributed by atoms with Gasteiger partial charge < -0.3 is 11.1 Å². The van der Waals surface area contributed by atoms with Crippen LogP contribution in [-0.2, 0) is 4.79 Å². The number of nitrogens with two attached hydrogens (primary N) is 1. The molecule has 0 fully saturated rings. The van der Waals surface area contributed by atoms with Crippen molar-refractivity contribution in [2.75, 3.05) is 11.9 Å². The molecule has 4 heteroatoms. The van der Waals surface area contributed by atoms with Crippen LogP contribution in [-0.4, -0.2) is 12.5 Å². The van der Waals surface area contributed by atoms with E-state index in [4.69, 9.17) is 11.0 Å². The molecule has 0 bridgehead atoms. The van der Waals surface area contributed by atoms with Gasteiger partial charge in [0, 0.05) is 11.6 Å². The molecular formula is C15H21N3O. The van der Waals surface area contributed by atoms with Crippen molar-refractivity contribution < 1.29 is 4.79 Å². The fourth-order valence-corrected chi connectivity index (χ4v) is 2.04. The molecule has 0 heterocycles. The molecule has 0 aliphatic carbocycles. The summed E-state index contributed by atoms with van der Waals surface area (Å²) in [7, 11) is 0. The van der Waals surface area contributed by atoms with Crippen LogP contribution < -0.4 is 11.1 Å². The molecule has 1 aromatic carbocycles. The Morgan fingerprint density at radius 1 is 1.47 bits per heavy atom. The Labute approximate surface area is 114 Å².